The van der Waals surface area contributed by atoms with Gasteiger partial charge >= 0.3 is 0 Å². The molecule has 4 heteroatoms. The van der Waals surface area contributed by atoms with Crippen molar-refractivity contribution in [2.45, 2.75) is 32.0 Å². The largest absolute Gasteiger partial charge is 0.391 e. The topological polar surface area (TPSA) is 43.7 Å². The van der Waals surface area contributed by atoms with Crippen LogP contribution in [0, 0.1) is 5.82 Å². The molecule has 2 N–H and O–H groups in total. The molecule has 1 aliphatic heterocycles. The Labute approximate surface area is 100 Å². The average Bonchev–Trinajstić information content (AvgIpc) is 2.28. The summed E-state index contributed by atoms with van der Waals surface area (Å²) in [6.45, 7) is 3.01. The number of anilines is 1. The number of aliphatic hydroxyl groups excluding tert-OH is 2. The van der Waals surface area contributed by atoms with Gasteiger partial charge in [0.15, 0.2) is 0 Å². The Morgan fingerprint density at radius 2 is 2.24 bits per heavy atom. The lowest BCUT2D eigenvalue weighted by Crippen LogP contribution is -2.38. The van der Waals surface area contributed by atoms with E-state index in [2.05, 4.69) is 0 Å². The summed E-state index contributed by atoms with van der Waals surface area (Å²) in [5.41, 5.74) is 1.40. The van der Waals surface area contributed by atoms with Crippen LogP contribution in [0.1, 0.15) is 31.4 Å². The second-order valence-electron chi connectivity index (χ2n) is 4.62. The second-order valence-corrected chi connectivity index (χ2v) is 4.62. The van der Waals surface area contributed by atoms with Crippen LogP contribution in [-0.4, -0.2) is 29.4 Å². The molecule has 0 saturated carbocycles. The number of rotatable bonds is 2. The lowest BCUT2D eigenvalue weighted by molar-refractivity contribution is 0.153. The molecule has 0 bridgehead atoms. The van der Waals surface area contributed by atoms with E-state index in [1.165, 1.54) is 12.1 Å². The van der Waals surface area contributed by atoms with Crippen LogP contribution in [0.4, 0.5) is 10.1 Å². The van der Waals surface area contributed by atoms with E-state index in [9.17, 15) is 14.6 Å². The lowest BCUT2D eigenvalue weighted by Gasteiger charge is -2.33. The normalized spacial score (nSPS) is 22.6. The SMILES string of the molecule is CC(O)c1cc(F)ccc1N1CCCC(O)C1. The molecule has 1 heterocycles. The van der Waals surface area contributed by atoms with Crippen LogP contribution in [0.25, 0.3) is 0 Å². The standard InChI is InChI=1S/C13H18FNO2/c1-9(16)12-7-10(14)4-5-13(12)15-6-2-3-11(17)8-15/h4-5,7,9,11,16-17H,2-3,6,8H2,1H3. The number of halogens is 1. The fraction of sp³-hybridized carbons (Fsp3) is 0.538. The van der Waals surface area contributed by atoms with Gasteiger partial charge in [0.1, 0.15) is 5.82 Å². The summed E-state index contributed by atoms with van der Waals surface area (Å²) in [5.74, 6) is -0.345. The van der Waals surface area contributed by atoms with Crippen molar-refractivity contribution in [1.29, 1.82) is 0 Å². The van der Waals surface area contributed by atoms with Crippen LogP contribution in [0.2, 0.25) is 0 Å². The highest BCUT2D eigenvalue weighted by atomic mass is 19.1. The van der Waals surface area contributed by atoms with Gasteiger partial charge in [-0.1, -0.05) is 0 Å². The molecule has 2 atom stereocenters. The third-order valence-corrected chi connectivity index (χ3v) is 3.18. The summed E-state index contributed by atoms with van der Waals surface area (Å²) >= 11 is 0. The van der Waals surface area contributed by atoms with Gasteiger partial charge in [0.05, 0.1) is 12.2 Å². The molecule has 2 rings (SSSR count). The van der Waals surface area contributed by atoms with Gasteiger partial charge in [-0.05, 0) is 38.0 Å². The molecule has 1 saturated heterocycles. The van der Waals surface area contributed by atoms with Gasteiger partial charge < -0.3 is 15.1 Å². The Hall–Kier alpha value is -1.13. The van der Waals surface area contributed by atoms with Crippen molar-refractivity contribution in [3.8, 4) is 0 Å². The van der Waals surface area contributed by atoms with E-state index in [1.807, 2.05) is 4.90 Å². The van der Waals surface area contributed by atoms with E-state index in [-0.39, 0.29) is 11.9 Å². The smallest absolute Gasteiger partial charge is 0.123 e. The molecule has 17 heavy (non-hydrogen) atoms. The predicted molar refractivity (Wildman–Crippen MR) is 64.5 cm³/mol. The van der Waals surface area contributed by atoms with E-state index in [0.717, 1.165) is 25.1 Å². The molecule has 0 aliphatic carbocycles. The monoisotopic (exact) mass is 239 g/mol. The molecular weight excluding hydrogens is 221 g/mol. The number of nitrogens with zero attached hydrogens (tertiary/aromatic N) is 1. The van der Waals surface area contributed by atoms with E-state index in [4.69, 9.17) is 0 Å². The first-order valence-electron chi connectivity index (χ1n) is 5.98. The van der Waals surface area contributed by atoms with Crippen molar-refractivity contribution in [2.24, 2.45) is 0 Å². The summed E-state index contributed by atoms with van der Waals surface area (Å²) in [6, 6.07) is 4.43. The van der Waals surface area contributed by atoms with Crippen molar-refractivity contribution in [2.75, 3.05) is 18.0 Å². The molecule has 0 radical (unpaired) electrons. The van der Waals surface area contributed by atoms with Crippen LogP contribution in [-0.2, 0) is 0 Å². The minimum absolute atomic E-state index is 0.337. The van der Waals surface area contributed by atoms with Crippen LogP contribution >= 0.6 is 0 Å². The molecule has 3 nitrogen and oxygen atoms in total. The van der Waals surface area contributed by atoms with Crippen LogP contribution in [0.5, 0.6) is 0 Å². The molecule has 0 spiro atoms. The van der Waals surface area contributed by atoms with E-state index < -0.39 is 6.10 Å². The number of hydrogen-bond donors (Lipinski definition) is 2. The van der Waals surface area contributed by atoms with E-state index in [1.54, 1.807) is 13.0 Å². The van der Waals surface area contributed by atoms with Gasteiger partial charge in [-0.25, -0.2) is 4.39 Å². The lowest BCUT2D eigenvalue weighted by atomic mass is 10.0. The van der Waals surface area contributed by atoms with Gasteiger partial charge in [-0.15, -0.1) is 0 Å². The first-order valence-corrected chi connectivity index (χ1v) is 5.98. The summed E-state index contributed by atoms with van der Waals surface area (Å²) in [5, 5.41) is 19.3. The molecule has 2 unspecified atom stereocenters. The fourth-order valence-corrected chi connectivity index (χ4v) is 2.32. The average molecular weight is 239 g/mol. The maximum absolute atomic E-state index is 13.2. The summed E-state index contributed by atoms with van der Waals surface area (Å²) < 4.78 is 13.2. The zero-order valence-electron chi connectivity index (χ0n) is 9.93. The molecule has 1 aromatic rings. The molecular formula is C13H18FNO2. The molecule has 94 valence electrons. The minimum atomic E-state index is -0.709. The van der Waals surface area contributed by atoms with Crippen molar-refractivity contribution >= 4 is 5.69 Å². The van der Waals surface area contributed by atoms with Gasteiger partial charge in [-0.3, -0.25) is 0 Å². The zero-order valence-corrected chi connectivity index (χ0v) is 9.93. The number of piperidine rings is 1. The van der Waals surface area contributed by atoms with E-state index >= 15 is 0 Å². The zero-order chi connectivity index (χ0) is 12.4. The first kappa shape index (κ1) is 12.3. The first-order chi connectivity index (χ1) is 8.08. The van der Waals surface area contributed by atoms with Gasteiger partial charge in [0.2, 0.25) is 0 Å². The van der Waals surface area contributed by atoms with Crippen molar-refractivity contribution < 1.29 is 14.6 Å². The fourth-order valence-electron chi connectivity index (χ4n) is 2.32. The van der Waals surface area contributed by atoms with Gasteiger partial charge in [-0.2, -0.15) is 0 Å². The highest BCUT2D eigenvalue weighted by Crippen LogP contribution is 2.29. The van der Waals surface area contributed by atoms with Gasteiger partial charge in [0, 0.05) is 24.3 Å². The van der Waals surface area contributed by atoms with E-state index in [0.29, 0.717) is 12.1 Å². The predicted octanol–water partition coefficient (Wildman–Crippen LogP) is 1.84. The number of hydrogen-bond acceptors (Lipinski definition) is 3. The summed E-state index contributed by atoms with van der Waals surface area (Å²) in [6.07, 6.45) is 0.676. The summed E-state index contributed by atoms with van der Waals surface area (Å²) in [7, 11) is 0. The maximum atomic E-state index is 13.2. The van der Waals surface area contributed by atoms with Crippen LogP contribution < -0.4 is 4.90 Å². The molecule has 1 aromatic carbocycles. The Bertz CT molecular complexity index is 395. The molecule has 1 aliphatic rings. The Morgan fingerprint density at radius 1 is 1.47 bits per heavy atom. The molecule has 0 amide bonds. The van der Waals surface area contributed by atoms with Gasteiger partial charge in [0.25, 0.3) is 0 Å². The highest BCUT2D eigenvalue weighted by Gasteiger charge is 2.21. The second kappa shape index (κ2) is 5.02. The quantitative estimate of drug-likeness (QED) is 0.827. The minimum Gasteiger partial charge on any atom is -0.391 e. The number of β-amino-alcohol motifs (C(OH)–C–C–N with tert-alkyl or cyclic N) is 1. The molecule has 1 fully saturated rings. The number of aliphatic hydroxyl groups is 2. The maximum Gasteiger partial charge on any atom is 0.123 e. The number of benzene rings is 1. The Kier molecular flexibility index (Phi) is 3.64. The summed E-state index contributed by atoms with van der Waals surface area (Å²) in [4.78, 5) is 2.01. The van der Waals surface area contributed by atoms with Crippen LogP contribution in [0.3, 0.4) is 0 Å². The Balaban J connectivity index is 2.30. The third kappa shape index (κ3) is 2.76. The van der Waals surface area contributed by atoms with Crippen molar-refractivity contribution in [3.63, 3.8) is 0 Å². The molecule has 0 aromatic heterocycles. The van der Waals surface area contributed by atoms with Crippen LogP contribution in [0.15, 0.2) is 18.2 Å². The Morgan fingerprint density at radius 3 is 2.88 bits per heavy atom. The van der Waals surface area contributed by atoms with Crippen molar-refractivity contribution in [3.05, 3.63) is 29.6 Å². The highest BCUT2D eigenvalue weighted by molar-refractivity contribution is 5.55. The third-order valence-electron chi connectivity index (χ3n) is 3.18. The van der Waals surface area contributed by atoms with Crippen molar-refractivity contribution in [1.82, 2.24) is 0 Å².